The lowest BCUT2D eigenvalue weighted by molar-refractivity contribution is 0.568. The molecule has 0 saturated heterocycles. The molecule has 1 radical (unpaired) electrons. The molecule has 0 atom stereocenters. The Hall–Kier alpha value is -1.36. The van der Waals surface area contributed by atoms with Crippen LogP contribution in [0, 0.1) is 17.5 Å². The van der Waals surface area contributed by atoms with E-state index in [1.165, 1.54) is 0 Å². The number of hydrogen-bond donors (Lipinski definition) is 0. The lowest BCUT2D eigenvalue weighted by Crippen LogP contribution is -2.13. The monoisotopic (exact) mass is 159 g/mol. The summed E-state index contributed by atoms with van der Waals surface area (Å²) in [5.41, 5.74) is 1.48. The molecule has 0 aliphatic rings. The second-order valence-corrected chi connectivity index (χ2v) is 3.72. The van der Waals surface area contributed by atoms with E-state index in [0.717, 1.165) is 5.69 Å². The Morgan fingerprint density at radius 1 is 1.42 bits per heavy atom. The molecule has 1 aromatic heterocycles. The van der Waals surface area contributed by atoms with Crippen LogP contribution in [0.15, 0.2) is 12.1 Å². The van der Waals surface area contributed by atoms with Crippen molar-refractivity contribution in [2.45, 2.75) is 26.2 Å². The van der Waals surface area contributed by atoms with Crippen molar-refractivity contribution in [1.82, 2.24) is 4.98 Å². The summed E-state index contributed by atoms with van der Waals surface area (Å²) >= 11 is 0. The third kappa shape index (κ3) is 1.82. The molecule has 0 saturated carbocycles. The van der Waals surface area contributed by atoms with E-state index in [0.29, 0.717) is 5.56 Å². The zero-order chi connectivity index (χ0) is 9.19. The highest BCUT2D eigenvalue weighted by Gasteiger charge is 2.14. The third-order valence-electron chi connectivity index (χ3n) is 1.59. The van der Waals surface area contributed by atoms with Crippen LogP contribution in [-0.4, -0.2) is 4.98 Å². The number of pyridine rings is 1. The van der Waals surface area contributed by atoms with Crippen LogP contribution in [0.1, 0.15) is 32.0 Å². The summed E-state index contributed by atoms with van der Waals surface area (Å²) in [5, 5.41) is 8.51. The molecule has 0 amide bonds. The maximum absolute atomic E-state index is 8.51. The Balaban J connectivity index is 3.02. The van der Waals surface area contributed by atoms with E-state index in [2.05, 4.69) is 32.0 Å². The molecule has 0 aliphatic heterocycles. The minimum Gasteiger partial charge on any atom is -0.249 e. The van der Waals surface area contributed by atoms with Crippen molar-refractivity contribution >= 4 is 0 Å². The molecule has 1 rings (SSSR count). The summed E-state index contributed by atoms with van der Waals surface area (Å²) in [6.07, 6.45) is 2.68. The molecule has 1 heterocycles. The zero-order valence-electron chi connectivity index (χ0n) is 7.55. The first-order chi connectivity index (χ1) is 5.54. The van der Waals surface area contributed by atoms with E-state index < -0.39 is 0 Å². The fraction of sp³-hybridized carbons (Fsp3) is 0.400. The summed E-state index contributed by atoms with van der Waals surface area (Å²) in [5.74, 6) is 0. The second kappa shape index (κ2) is 2.94. The standard InChI is InChI=1S/C10H11N2/c1-10(2,3)9-5-4-8(6-11)7-12-9/h4-5H,1-3H3. The van der Waals surface area contributed by atoms with Gasteiger partial charge in [0.25, 0.3) is 0 Å². The van der Waals surface area contributed by atoms with E-state index in [1.807, 2.05) is 12.1 Å². The number of rotatable bonds is 0. The van der Waals surface area contributed by atoms with Gasteiger partial charge in [-0.2, -0.15) is 5.26 Å². The SMILES string of the molecule is CC(C)(C)c1ccc(C#N)[c]n1. The molecular formula is C10H11N2. The highest BCUT2D eigenvalue weighted by Crippen LogP contribution is 2.18. The Morgan fingerprint density at radius 2 is 2.08 bits per heavy atom. The summed E-state index contributed by atoms with van der Waals surface area (Å²) < 4.78 is 0. The van der Waals surface area contributed by atoms with Gasteiger partial charge in [0.1, 0.15) is 12.3 Å². The van der Waals surface area contributed by atoms with Crippen molar-refractivity contribution in [3.8, 4) is 6.07 Å². The predicted octanol–water partition coefficient (Wildman–Crippen LogP) is 2.05. The van der Waals surface area contributed by atoms with Crippen LogP contribution < -0.4 is 0 Å². The van der Waals surface area contributed by atoms with Gasteiger partial charge < -0.3 is 0 Å². The van der Waals surface area contributed by atoms with Crippen molar-refractivity contribution in [2.75, 3.05) is 0 Å². The van der Waals surface area contributed by atoms with E-state index in [4.69, 9.17) is 5.26 Å². The quantitative estimate of drug-likeness (QED) is 0.581. The normalized spacial score (nSPS) is 10.8. The van der Waals surface area contributed by atoms with Crippen LogP contribution >= 0.6 is 0 Å². The Kier molecular flexibility index (Phi) is 2.14. The second-order valence-electron chi connectivity index (χ2n) is 3.72. The smallest absolute Gasteiger partial charge is 0.108 e. The van der Waals surface area contributed by atoms with Gasteiger partial charge in [0.15, 0.2) is 0 Å². The lowest BCUT2D eigenvalue weighted by Gasteiger charge is -2.16. The highest BCUT2D eigenvalue weighted by atomic mass is 14.7. The van der Waals surface area contributed by atoms with Gasteiger partial charge in [0.05, 0.1) is 5.56 Å². The maximum Gasteiger partial charge on any atom is 0.108 e. The first-order valence-electron chi connectivity index (χ1n) is 3.83. The highest BCUT2D eigenvalue weighted by molar-refractivity contribution is 5.27. The Bertz CT molecular complexity index is 298. The molecule has 2 nitrogen and oxygen atoms in total. The molecule has 2 heteroatoms. The Morgan fingerprint density at radius 3 is 2.42 bits per heavy atom. The van der Waals surface area contributed by atoms with E-state index in [9.17, 15) is 0 Å². The molecule has 1 aromatic rings. The third-order valence-corrected chi connectivity index (χ3v) is 1.59. The van der Waals surface area contributed by atoms with Gasteiger partial charge in [-0.3, -0.25) is 0 Å². The summed E-state index contributed by atoms with van der Waals surface area (Å²) in [6.45, 7) is 6.24. The van der Waals surface area contributed by atoms with Crippen LogP contribution in [0.25, 0.3) is 0 Å². The molecular weight excluding hydrogens is 148 g/mol. The molecule has 0 aliphatic carbocycles. The van der Waals surface area contributed by atoms with Crippen LogP contribution in [0.2, 0.25) is 0 Å². The molecule has 0 aromatic carbocycles. The summed E-state index contributed by atoms with van der Waals surface area (Å²) in [6, 6.07) is 5.60. The minimum atomic E-state index is 0.0322. The van der Waals surface area contributed by atoms with Gasteiger partial charge in [-0.25, -0.2) is 4.98 Å². The van der Waals surface area contributed by atoms with Crippen molar-refractivity contribution in [3.05, 3.63) is 29.6 Å². The zero-order valence-corrected chi connectivity index (χ0v) is 7.55. The first-order valence-corrected chi connectivity index (χ1v) is 3.83. The summed E-state index contributed by atoms with van der Waals surface area (Å²) in [4.78, 5) is 4.07. The minimum absolute atomic E-state index is 0.0322. The summed E-state index contributed by atoms with van der Waals surface area (Å²) in [7, 11) is 0. The van der Waals surface area contributed by atoms with E-state index in [1.54, 1.807) is 6.07 Å². The van der Waals surface area contributed by atoms with E-state index in [-0.39, 0.29) is 5.41 Å². The van der Waals surface area contributed by atoms with Gasteiger partial charge in [0.2, 0.25) is 0 Å². The molecule has 0 fully saturated rings. The van der Waals surface area contributed by atoms with Gasteiger partial charge in [-0.1, -0.05) is 20.8 Å². The molecule has 0 spiro atoms. The topological polar surface area (TPSA) is 36.7 Å². The van der Waals surface area contributed by atoms with Crippen molar-refractivity contribution in [1.29, 1.82) is 5.26 Å². The number of hydrogen-bond acceptors (Lipinski definition) is 2. The number of aromatic nitrogens is 1. The molecule has 0 N–H and O–H groups in total. The van der Waals surface area contributed by atoms with Gasteiger partial charge in [0, 0.05) is 11.1 Å². The van der Waals surface area contributed by atoms with Crippen LogP contribution in [0.4, 0.5) is 0 Å². The van der Waals surface area contributed by atoms with Crippen molar-refractivity contribution in [3.63, 3.8) is 0 Å². The fourth-order valence-corrected chi connectivity index (χ4v) is 0.837. The van der Waals surface area contributed by atoms with Crippen LogP contribution in [-0.2, 0) is 5.41 Å². The number of nitrogens with zero attached hydrogens (tertiary/aromatic N) is 2. The van der Waals surface area contributed by atoms with Gasteiger partial charge >= 0.3 is 0 Å². The van der Waals surface area contributed by atoms with Crippen molar-refractivity contribution in [2.24, 2.45) is 0 Å². The first kappa shape index (κ1) is 8.73. The average Bonchev–Trinajstić information content (AvgIpc) is 2.03. The van der Waals surface area contributed by atoms with Crippen LogP contribution in [0.5, 0.6) is 0 Å². The van der Waals surface area contributed by atoms with Gasteiger partial charge in [-0.05, 0) is 12.1 Å². The average molecular weight is 159 g/mol. The molecule has 61 valence electrons. The van der Waals surface area contributed by atoms with E-state index >= 15 is 0 Å². The molecule has 12 heavy (non-hydrogen) atoms. The Labute approximate surface area is 72.9 Å². The maximum atomic E-state index is 8.51. The largest absolute Gasteiger partial charge is 0.249 e. The lowest BCUT2D eigenvalue weighted by atomic mass is 9.91. The predicted molar refractivity (Wildman–Crippen MR) is 46.5 cm³/mol. The van der Waals surface area contributed by atoms with Gasteiger partial charge in [-0.15, -0.1) is 0 Å². The van der Waals surface area contributed by atoms with Crippen molar-refractivity contribution < 1.29 is 0 Å². The molecule has 0 bridgehead atoms. The molecule has 0 unspecified atom stereocenters. The number of nitriles is 1. The van der Waals surface area contributed by atoms with Crippen LogP contribution in [0.3, 0.4) is 0 Å². The fourth-order valence-electron chi connectivity index (χ4n) is 0.837.